The van der Waals surface area contributed by atoms with Gasteiger partial charge in [-0.2, -0.15) is 0 Å². The monoisotopic (exact) mass is 372 g/mol. The average Bonchev–Trinajstić information content (AvgIpc) is 3.01. The molecule has 0 fully saturated rings. The number of aryl methyl sites for hydroxylation is 2. The molecule has 0 spiro atoms. The third-order valence-corrected chi connectivity index (χ3v) is 4.95. The highest BCUT2D eigenvalue weighted by molar-refractivity contribution is 7.98. The zero-order chi connectivity index (χ0) is 17.8. The van der Waals surface area contributed by atoms with Gasteiger partial charge in [-0.15, -0.1) is 11.8 Å². The van der Waals surface area contributed by atoms with Crippen LogP contribution in [0.2, 0.25) is 5.02 Å². The van der Waals surface area contributed by atoms with E-state index in [1.165, 1.54) is 0 Å². The molecule has 0 saturated carbocycles. The maximum Gasteiger partial charge on any atom is 0.256 e. The minimum Gasteiger partial charge on any atom is -0.360 e. The van der Waals surface area contributed by atoms with Crippen molar-refractivity contribution in [3.8, 4) is 0 Å². The van der Waals surface area contributed by atoms with Gasteiger partial charge in [0.25, 0.3) is 5.91 Å². The van der Waals surface area contributed by atoms with Crippen LogP contribution in [0.1, 0.15) is 27.4 Å². The smallest absolute Gasteiger partial charge is 0.256 e. The van der Waals surface area contributed by atoms with Crippen LogP contribution in [0.15, 0.2) is 57.9 Å². The van der Waals surface area contributed by atoms with Gasteiger partial charge in [-0.25, -0.2) is 0 Å². The molecular weight excluding hydrogens is 356 g/mol. The molecule has 1 N–H and O–H groups in total. The van der Waals surface area contributed by atoms with Crippen LogP contribution >= 0.6 is 23.4 Å². The Kier molecular flexibility index (Phi) is 5.46. The highest BCUT2D eigenvalue weighted by atomic mass is 35.5. The second kappa shape index (κ2) is 7.76. The van der Waals surface area contributed by atoms with Gasteiger partial charge in [0, 0.05) is 21.7 Å². The molecule has 0 atom stereocenters. The van der Waals surface area contributed by atoms with Gasteiger partial charge in [-0.3, -0.25) is 4.79 Å². The van der Waals surface area contributed by atoms with E-state index in [1.807, 2.05) is 56.3 Å². The van der Waals surface area contributed by atoms with Gasteiger partial charge < -0.3 is 9.84 Å². The van der Waals surface area contributed by atoms with E-state index in [0.717, 1.165) is 27.6 Å². The van der Waals surface area contributed by atoms with Crippen molar-refractivity contribution in [1.82, 2.24) is 5.16 Å². The molecule has 1 aromatic heterocycles. The Morgan fingerprint density at radius 1 is 1.20 bits per heavy atom. The molecule has 6 heteroatoms. The number of rotatable bonds is 5. The summed E-state index contributed by atoms with van der Waals surface area (Å²) in [5, 5.41) is 7.48. The standard InChI is InChI=1S/C19H17ClN2O2S/c1-12-9-14(20)7-8-17(12)21-19(23)16-5-3-4-6-18(16)25-11-15-10-13(2)22-24-15/h3-10H,11H2,1-2H3,(H,21,23). The second-order valence-corrected chi connectivity index (χ2v) is 7.09. The van der Waals surface area contributed by atoms with Crippen LogP contribution < -0.4 is 5.32 Å². The number of nitrogens with zero attached hydrogens (tertiary/aromatic N) is 1. The van der Waals surface area contributed by atoms with E-state index < -0.39 is 0 Å². The zero-order valence-electron chi connectivity index (χ0n) is 13.9. The summed E-state index contributed by atoms with van der Waals surface area (Å²) in [5.41, 5.74) is 3.14. The van der Waals surface area contributed by atoms with Crippen LogP contribution in [-0.4, -0.2) is 11.1 Å². The Balaban J connectivity index is 1.76. The van der Waals surface area contributed by atoms with Crippen molar-refractivity contribution in [3.63, 3.8) is 0 Å². The minimum absolute atomic E-state index is 0.151. The molecule has 3 aromatic rings. The van der Waals surface area contributed by atoms with Gasteiger partial charge in [0.1, 0.15) is 5.76 Å². The molecule has 0 saturated heterocycles. The largest absolute Gasteiger partial charge is 0.360 e. The molecule has 0 aliphatic heterocycles. The topological polar surface area (TPSA) is 55.1 Å². The van der Waals surface area contributed by atoms with E-state index in [1.54, 1.807) is 17.8 Å². The fraction of sp³-hybridized carbons (Fsp3) is 0.158. The number of amides is 1. The Morgan fingerprint density at radius 2 is 2.00 bits per heavy atom. The summed E-state index contributed by atoms with van der Waals surface area (Å²) in [5.74, 6) is 1.25. The third kappa shape index (κ3) is 4.44. The number of hydrogen-bond acceptors (Lipinski definition) is 4. The SMILES string of the molecule is Cc1cc(CSc2ccccc2C(=O)Nc2ccc(Cl)cc2C)on1. The summed E-state index contributed by atoms with van der Waals surface area (Å²) < 4.78 is 5.23. The zero-order valence-corrected chi connectivity index (χ0v) is 15.4. The fourth-order valence-corrected chi connectivity index (χ4v) is 3.52. The number of thioether (sulfide) groups is 1. The van der Waals surface area contributed by atoms with Crippen molar-refractivity contribution >= 4 is 35.0 Å². The van der Waals surface area contributed by atoms with Gasteiger partial charge >= 0.3 is 0 Å². The van der Waals surface area contributed by atoms with Crippen molar-refractivity contribution in [1.29, 1.82) is 0 Å². The number of carbonyl (C=O) groups excluding carboxylic acids is 1. The number of hydrogen-bond donors (Lipinski definition) is 1. The Morgan fingerprint density at radius 3 is 2.72 bits per heavy atom. The molecule has 1 heterocycles. The first-order chi connectivity index (χ1) is 12.0. The van der Waals surface area contributed by atoms with Gasteiger partial charge in [-0.1, -0.05) is 28.9 Å². The minimum atomic E-state index is -0.151. The van der Waals surface area contributed by atoms with Crippen LogP contribution in [0.25, 0.3) is 0 Å². The van der Waals surface area contributed by atoms with Crippen molar-refractivity contribution in [2.75, 3.05) is 5.32 Å². The van der Waals surface area contributed by atoms with Gasteiger partial charge in [0.15, 0.2) is 0 Å². The number of carbonyl (C=O) groups is 1. The molecule has 4 nitrogen and oxygen atoms in total. The molecular formula is C19H17ClN2O2S. The predicted molar refractivity (Wildman–Crippen MR) is 101 cm³/mol. The summed E-state index contributed by atoms with van der Waals surface area (Å²) >= 11 is 7.51. The van der Waals surface area contributed by atoms with E-state index in [0.29, 0.717) is 16.3 Å². The first-order valence-corrected chi connectivity index (χ1v) is 9.11. The molecule has 0 unspecified atom stereocenters. The summed E-state index contributed by atoms with van der Waals surface area (Å²) in [4.78, 5) is 13.6. The summed E-state index contributed by atoms with van der Waals surface area (Å²) in [7, 11) is 0. The summed E-state index contributed by atoms with van der Waals surface area (Å²) in [6.07, 6.45) is 0. The van der Waals surface area contributed by atoms with Crippen LogP contribution in [0.5, 0.6) is 0 Å². The number of anilines is 1. The lowest BCUT2D eigenvalue weighted by Gasteiger charge is -2.11. The van der Waals surface area contributed by atoms with Gasteiger partial charge in [0.05, 0.1) is 17.0 Å². The molecule has 0 radical (unpaired) electrons. The normalized spacial score (nSPS) is 10.7. The lowest BCUT2D eigenvalue weighted by Crippen LogP contribution is -2.13. The quantitative estimate of drug-likeness (QED) is 0.601. The lowest BCUT2D eigenvalue weighted by molar-refractivity contribution is 0.102. The van der Waals surface area contributed by atoms with Gasteiger partial charge in [0.2, 0.25) is 0 Å². The van der Waals surface area contributed by atoms with Crippen molar-refractivity contribution < 1.29 is 9.32 Å². The molecule has 0 bridgehead atoms. The van der Waals surface area contributed by atoms with E-state index in [4.69, 9.17) is 16.1 Å². The van der Waals surface area contributed by atoms with Crippen LogP contribution in [0.3, 0.4) is 0 Å². The maximum absolute atomic E-state index is 12.7. The highest BCUT2D eigenvalue weighted by Gasteiger charge is 2.13. The number of aromatic nitrogens is 1. The van der Waals surface area contributed by atoms with Crippen molar-refractivity contribution in [3.05, 3.63) is 76.1 Å². The predicted octanol–water partition coefficient (Wildman–Crippen LogP) is 5.49. The first kappa shape index (κ1) is 17.6. The molecule has 0 aliphatic rings. The molecule has 0 aliphatic carbocycles. The summed E-state index contributed by atoms with van der Waals surface area (Å²) in [6.45, 7) is 3.79. The Bertz CT molecular complexity index is 908. The molecule has 2 aromatic carbocycles. The fourth-order valence-electron chi connectivity index (χ4n) is 2.37. The Labute approximate surface area is 155 Å². The number of nitrogens with one attached hydrogen (secondary N) is 1. The van der Waals surface area contributed by atoms with Crippen LogP contribution in [0.4, 0.5) is 5.69 Å². The average molecular weight is 373 g/mol. The van der Waals surface area contributed by atoms with Gasteiger partial charge in [-0.05, 0) is 49.7 Å². The third-order valence-electron chi connectivity index (χ3n) is 3.62. The lowest BCUT2D eigenvalue weighted by atomic mass is 10.1. The second-order valence-electron chi connectivity index (χ2n) is 5.63. The number of benzene rings is 2. The molecule has 25 heavy (non-hydrogen) atoms. The molecule has 1 amide bonds. The van der Waals surface area contributed by atoms with E-state index in [-0.39, 0.29) is 5.91 Å². The number of halogens is 1. The van der Waals surface area contributed by atoms with Crippen molar-refractivity contribution in [2.24, 2.45) is 0 Å². The molecule has 128 valence electrons. The van der Waals surface area contributed by atoms with Crippen molar-refractivity contribution in [2.45, 2.75) is 24.5 Å². The maximum atomic E-state index is 12.7. The summed E-state index contributed by atoms with van der Waals surface area (Å²) in [6, 6.07) is 14.8. The highest BCUT2D eigenvalue weighted by Crippen LogP contribution is 2.28. The van der Waals surface area contributed by atoms with Crippen LogP contribution in [0, 0.1) is 13.8 Å². The molecule has 3 rings (SSSR count). The van der Waals surface area contributed by atoms with E-state index >= 15 is 0 Å². The van der Waals surface area contributed by atoms with E-state index in [9.17, 15) is 4.79 Å². The van der Waals surface area contributed by atoms with E-state index in [2.05, 4.69) is 10.5 Å². The first-order valence-electron chi connectivity index (χ1n) is 7.74. The van der Waals surface area contributed by atoms with Crippen LogP contribution in [-0.2, 0) is 5.75 Å². The Hall–Kier alpha value is -2.24.